The van der Waals surface area contributed by atoms with Crippen molar-refractivity contribution in [2.45, 2.75) is 31.5 Å². The smallest absolute Gasteiger partial charge is 0.237 e. The summed E-state index contributed by atoms with van der Waals surface area (Å²) in [5.74, 6) is -0.144. The average molecular weight is 349 g/mol. The average Bonchev–Trinajstić information content (AvgIpc) is 3.38. The monoisotopic (exact) mass is 349 g/mol. The molecule has 2 fully saturated rings. The number of carbonyl (C=O) groups excluding carboxylic acids is 1. The maximum absolute atomic E-state index is 14.0. The Bertz CT molecular complexity index is 592. The predicted octanol–water partition coefficient (Wildman–Crippen LogP) is 1.58. The topological polar surface area (TPSA) is 36.0 Å². The Kier molecular flexibility index (Phi) is 6.04. The molecule has 1 heterocycles. The molecule has 0 N–H and O–H groups in total. The summed E-state index contributed by atoms with van der Waals surface area (Å²) >= 11 is 0. The Morgan fingerprint density at radius 1 is 1.32 bits per heavy atom. The lowest BCUT2D eigenvalue weighted by Crippen LogP contribution is -2.50. The molecule has 3 rings (SSSR count). The number of halogens is 1. The lowest BCUT2D eigenvalue weighted by Gasteiger charge is -2.35. The number of ether oxygens (including phenoxy) is 1. The molecule has 1 aliphatic carbocycles. The second-order valence-corrected chi connectivity index (χ2v) is 7.33. The summed E-state index contributed by atoms with van der Waals surface area (Å²) in [7, 11) is 4.05. The van der Waals surface area contributed by atoms with E-state index in [9.17, 15) is 9.18 Å². The van der Waals surface area contributed by atoms with Crippen LogP contribution in [0.2, 0.25) is 0 Å². The van der Waals surface area contributed by atoms with Crippen LogP contribution in [-0.2, 0) is 16.1 Å². The van der Waals surface area contributed by atoms with Gasteiger partial charge in [-0.05, 0) is 33.0 Å². The fraction of sp³-hybridized carbons (Fsp3) is 0.632. The van der Waals surface area contributed by atoms with Crippen LogP contribution in [0.15, 0.2) is 24.3 Å². The van der Waals surface area contributed by atoms with Crippen LogP contribution in [-0.4, -0.2) is 79.6 Å². The third kappa shape index (κ3) is 5.23. The van der Waals surface area contributed by atoms with E-state index in [0.29, 0.717) is 25.3 Å². The fourth-order valence-corrected chi connectivity index (χ4v) is 3.34. The summed E-state index contributed by atoms with van der Waals surface area (Å²) < 4.78 is 19.7. The van der Waals surface area contributed by atoms with Crippen LogP contribution in [0.3, 0.4) is 0 Å². The van der Waals surface area contributed by atoms with Gasteiger partial charge in [0, 0.05) is 37.8 Å². The Hall–Kier alpha value is -1.50. The third-order valence-electron chi connectivity index (χ3n) is 4.76. The number of benzene rings is 1. The maximum atomic E-state index is 14.0. The Balaban J connectivity index is 1.59. The van der Waals surface area contributed by atoms with Gasteiger partial charge in [-0.15, -0.1) is 0 Å². The molecule has 1 amide bonds. The minimum Gasteiger partial charge on any atom is -0.374 e. The molecular formula is C19H28FN3O2. The first-order chi connectivity index (χ1) is 12.0. The molecule has 0 bridgehead atoms. The fourth-order valence-electron chi connectivity index (χ4n) is 3.34. The normalized spacial score (nSPS) is 21.5. The minimum absolute atomic E-state index is 0.0938. The number of likely N-dealkylation sites (N-methyl/N-ethyl adjacent to an activating group) is 1. The molecule has 25 heavy (non-hydrogen) atoms. The van der Waals surface area contributed by atoms with Crippen molar-refractivity contribution in [1.29, 1.82) is 0 Å². The van der Waals surface area contributed by atoms with Crippen LogP contribution in [0.25, 0.3) is 0 Å². The zero-order valence-electron chi connectivity index (χ0n) is 15.2. The van der Waals surface area contributed by atoms with Crippen molar-refractivity contribution in [3.63, 3.8) is 0 Å². The van der Waals surface area contributed by atoms with Crippen molar-refractivity contribution >= 4 is 5.91 Å². The van der Waals surface area contributed by atoms with E-state index in [1.807, 2.05) is 25.1 Å². The Labute approximate surface area is 149 Å². The first-order valence-electron chi connectivity index (χ1n) is 9.04. The molecule has 0 radical (unpaired) electrons. The van der Waals surface area contributed by atoms with Crippen LogP contribution in [0.5, 0.6) is 0 Å². The SMILES string of the molecule is CN(C)C[C@@H]1CN(CC(=O)N(Cc2ccccc2F)C2CC2)CCO1. The van der Waals surface area contributed by atoms with Crippen molar-refractivity contribution < 1.29 is 13.9 Å². The van der Waals surface area contributed by atoms with E-state index >= 15 is 0 Å². The summed E-state index contributed by atoms with van der Waals surface area (Å²) in [5, 5.41) is 0. The number of amides is 1. The first kappa shape index (κ1) is 18.3. The van der Waals surface area contributed by atoms with Crippen molar-refractivity contribution in [2.24, 2.45) is 0 Å². The zero-order chi connectivity index (χ0) is 17.8. The maximum Gasteiger partial charge on any atom is 0.237 e. The van der Waals surface area contributed by atoms with Gasteiger partial charge in [-0.25, -0.2) is 4.39 Å². The second kappa shape index (κ2) is 8.25. The van der Waals surface area contributed by atoms with Gasteiger partial charge in [0.15, 0.2) is 0 Å². The molecule has 0 spiro atoms. The highest BCUT2D eigenvalue weighted by Gasteiger charge is 2.34. The number of rotatable bonds is 7. The number of carbonyl (C=O) groups is 1. The molecule has 138 valence electrons. The highest BCUT2D eigenvalue weighted by atomic mass is 19.1. The highest BCUT2D eigenvalue weighted by molar-refractivity contribution is 5.79. The number of morpholine rings is 1. The third-order valence-corrected chi connectivity index (χ3v) is 4.76. The van der Waals surface area contributed by atoms with Gasteiger partial charge in [-0.2, -0.15) is 0 Å². The van der Waals surface area contributed by atoms with Crippen LogP contribution in [0.1, 0.15) is 18.4 Å². The first-order valence-corrected chi connectivity index (χ1v) is 9.04. The molecule has 1 saturated heterocycles. The quantitative estimate of drug-likeness (QED) is 0.749. The summed E-state index contributed by atoms with van der Waals surface area (Å²) in [6.45, 7) is 3.80. The molecule has 1 atom stereocenters. The Morgan fingerprint density at radius 2 is 2.08 bits per heavy atom. The molecule has 5 nitrogen and oxygen atoms in total. The minimum atomic E-state index is -0.238. The highest BCUT2D eigenvalue weighted by Crippen LogP contribution is 2.29. The van der Waals surface area contributed by atoms with Gasteiger partial charge in [0.25, 0.3) is 0 Å². The summed E-state index contributed by atoms with van der Waals surface area (Å²) in [5.41, 5.74) is 0.593. The largest absolute Gasteiger partial charge is 0.374 e. The van der Waals surface area contributed by atoms with Crippen molar-refractivity contribution in [1.82, 2.24) is 14.7 Å². The van der Waals surface area contributed by atoms with Crippen molar-refractivity contribution in [2.75, 3.05) is 46.9 Å². The standard InChI is InChI=1S/C19H28FN3O2/c1-21(2)12-17-13-22(9-10-25-17)14-19(24)23(16-7-8-16)11-15-5-3-4-6-18(15)20/h3-6,16-17H,7-14H2,1-2H3/t17-/m1/s1. The Morgan fingerprint density at radius 3 is 2.76 bits per heavy atom. The summed E-state index contributed by atoms with van der Waals surface area (Å²) in [6.07, 6.45) is 2.18. The molecule has 1 saturated carbocycles. The molecule has 2 aliphatic rings. The lowest BCUT2D eigenvalue weighted by atomic mass is 10.2. The van der Waals surface area contributed by atoms with Crippen molar-refractivity contribution in [3.8, 4) is 0 Å². The van der Waals surface area contributed by atoms with E-state index in [1.54, 1.807) is 12.1 Å². The number of hydrogen-bond acceptors (Lipinski definition) is 4. The molecular weight excluding hydrogens is 321 g/mol. The number of nitrogens with zero attached hydrogens (tertiary/aromatic N) is 3. The van der Waals surface area contributed by atoms with Gasteiger partial charge < -0.3 is 14.5 Å². The molecule has 1 aromatic rings. The molecule has 1 aromatic carbocycles. The van der Waals surface area contributed by atoms with E-state index < -0.39 is 0 Å². The predicted molar refractivity (Wildman–Crippen MR) is 94.7 cm³/mol. The van der Waals surface area contributed by atoms with E-state index in [0.717, 1.165) is 32.5 Å². The van der Waals surface area contributed by atoms with Crippen LogP contribution in [0, 0.1) is 5.82 Å². The van der Waals surface area contributed by atoms with Crippen molar-refractivity contribution in [3.05, 3.63) is 35.6 Å². The molecule has 0 aromatic heterocycles. The van der Waals surface area contributed by atoms with Gasteiger partial charge in [0.05, 0.1) is 19.3 Å². The number of hydrogen-bond donors (Lipinski definition) is 0. The van der Waals surface area contributed by atoms with Crippen LogP contribution < -0.4 is 0 Å². The second-order valence-electron chi connectivity index (χ2n) is 7.33. The summed E-state index contributed by atoms with van der Waals surface area (Å²) in [4.78, 5) is 19.0. The van der Waals surface area contributed by atoms with Gasteiger partial charge in [0.2, 0.25) is 5.91 Å². The van der Waals surface area contributed by atoms with E-state index in [1.165, 1.54) is 6.07 Å². The molecule has 1 aliphatic heterocycles. The van der Waals surface area contributed by atoms with Gasteiger partial charge in [-0.3, -0.25) is 9.69 Å². The lowest BCUT2D eigenvalue weighted by molar-refractivity contribution is -0.135. The van der Waals surface area contributed by atoms with Crippen LogP contribution in [0.4, 0.5) is 4.39 Å². The van der Waals surface area contributed by atoms with Crippen LogP contribution >= 0.6 is 0 Å². The van der Waals surface area contributed by atoms with Gasteiger partial charge >= 0.3 is 0 Å². The molecule has 6 heteroatoms. The van der Waals surface area contributed by atoms with E-state index in [-0.39, 0.29) is 23.9 Å². The van der Waals surface area contributed by atoms with Gasteiger partial charge in [-0.1, -0.05) is 18.2 Å². The van der Waals surface area contributed by atoms with E-state index in [2.05, 4.69) is 9.80 Å². The van der Waals surface area contributed by atoms with E-state index in [4.69, 9.17) is 4.74 Å². The zero-order valence-corrected chi connectivity index (χ0v) is 15.2. The molecule has 0 unspecified atom stereocenters. The van der Waals surface area contributed by atoms with Gasteiger partial charge in [0.1, 0.15) is 5.82 Å². The summed E-state index contributed by atoms with van der Waals surface area (Å²) in [6, 6.07) is 6.99.